The van der Waals surface area contributed by atoms with Crippen LogP contribution in [0.3, 0.4) is 0 Å². The molecule has 0 bridgehead atoms. The third-order valence-electron chi connectivity index (χ3n) is 5.14. The van der Waals surface area contributed by atoms with Crippen molar-refractivity contribution >= 4 is 0 Å². The van der Waals surface area contributed by atoms with Crippen LogP contribution in [0.15, 0.2) is 0 Å². The third-order valence-corrected chi connectivity index (χ3v) is 5.14. The fourth-order valence-corrected chi connectivity index (χ4v) is 3.69. The largest absolute Gasteiger partial charge is 0.311 e. The molecule has 2 aliphatic rings. The second-order valence-electron chi connectivity index (χ2n) is 6.95. The van der Waals surface area contributed by atoms with Gasteiger partial charge < -0.3 is 10.2 Å². The van der Waals surface area contributed by atoms with E-state index in [4.69, 9.17) is 0 Å². The molecule has 2 unspecified atom stereocenters. The lowest BCUT2D eigenvalue weighted by Gasteiger charge is -2.34. The van der Waals surface area contributed by atoms with Gasteiger partial charge in [0.25, 0.3) is 0 Å². The second-order valence-corrected chi connectivity index (χ2v) is 6.95. The van der Waals surface area contributed by atoms with Crippen molar-refractivity contribution in [2.24, 2.45) is 5.92 Å². The molecule has 0 aromatic rings. The molecule has 0 amide bonds. The first-order chi connectivity index (χ1) is 9.28. The van der Waals surface area contributed by atoms with Crippen LogP contribution in [0, 0.1) is 5.92 Å². The molecule has 2 fully saturated rings. The van der Waals surface area contributed by atoms with Crippen molar-refractivity contribution < 1.29 is 0 Å². The van der Waals surface area contributed by atoms with Crippen LogP contribution in [0.5, 0.6) is 0 Å². The van der Waals surface area contributed by atoms with E-state index in [0.717, 1.165) is 18.0 Å². The average molecular weight is 266 g/mol. The fourth-order valence-electron chi connectivity index (χ4n) is 3.69. The van der Waals surface area contributed by atoms with Crippen LogP contribution in [-0.4, -0.2) is 36.6 Å². The maximum Gasteiger partial charge on any atom is 0.00940 e. The third kappa shape index (κ3) is 5.43. The Morgan fingerprint density at radius 3 is 2.42 bits per heavy atom. The Balaban J connectivity index is 1.64. The summed E-state index contributed by atoms with van der Waals surface area (Å²) in [4.78, 5) is 2.66. The molecule has 2 atom stereocenters. The van der Waals surface area contributed by atoms with Crippen LogP contribution in [0.25, 0.3) is 0 Å². The van der Waals surface area contributed by atoms with E-state index in [1.54, 1.807) is 0 Å². The molecular weight excluding hydrogens is 232 g/mol. The van der Waals surface area contributed by atoms with Crippen molar-refractivity contribution in [1.29, 1.82) is 0 Å². The van der Waals surface area contributed by atoms with E-state index in [-0.39, 0.29) is 0 Å². The summed E-state index contributed by atoms with van der Waals surface area (Å²) in [7, 11) is 0. The Labute approximate surface area is 120 Å². The second kappa shape index (κ2) is 8.26. The number of likely N-dealkylation sites (tertiary alicyclic amines) is 1. The average Bonchev–Trinajstić information content (AvgIpc) is 2.63. The van der Waals surface area contributed by atoms with Crippen molar-refractivity contribution in [3.05, 3.63) is 0 Å². The van der Waals surface area contributed by atoms with Gasteiger partial charge in [0, 0.05) is 12.1 Å². The van der Waals surface area contributed by atoms with Crippen LogP contribution in [0.4, 0.5) is 0 Å². The molecule has 0 aromatic heterocycles. The Morgan fingerprint density at radius 2 is 1.68 bits per heavy atom. The van der Waals surface area contributed by atoms with Gasteiger partial charge in [0.05, 0.1) is 0 Å². The zero-order valence-corrected chi connectivity index (χ0v) is 13.2. The summed E-state index contributed by atoms with van der Waals surface area (Å²) in [6.45, 7) is 8.68. The lowest BCUT2D eigenvalue weighted by molar-refractivity contribution is 0.186. The van der Waals surface area contributed by atoms with Gasteiger partial charge >= 0.3 is 0 Å². The van der Waals surface area contributed by atoms with Crippen molar-refractivity contribution in [2.45, 2.75) is 83.7 Å². The van der Waals surface area contributed by atoms with Crippen LogP contribution in [0.1, 0.15) is 71.6 Å². The molecule has 0 radical (unpaired) electrons. The molecule has 2 heteroatoms. The molecule has 1 aliphatic carbocycles. The normalized spacial score (nSPS) is 31.3. The van der Waals surface area contributed by atoms with Gasteiger partial charge in [0.2, 0.25) is 0 Å². The van der Waals surface area contributed by atoms with Crippen molar-refractivity contribution in [1.82, 2.24) is 10.2 Å². The summed E-state index contributed by atoms with van der Waals surface area (Å²) in [6.07, 6.45) is 12.6. The fraction of sp³-hybridized carbons (Fsp3) is 1.00. The summed E-state index contributed by atoms with van der Waals surface area (Å²) in [5.74, 6) is 0.961. The number of hydrogen-bond donors (Lipinski definition) is 1. The van der Waals surface area contributed by atoms with Crippen molar-refractivity contribution in [3.63, 3.8) is 0 Å². The van der Waals surface area contributed by atoms with Gasteiger partial charge in [-0.25, -0.2) is 0 Å². The molecule has 0 aromatic carbocycles. The van der Waals surface area contributed by atoms with Crippen LogP contribution in [0.2, 0.25) is 0 Å². The van der Waals surface area contributed by atoms with Gasteiger partial charge in [-0.1, -0.05) is 33.1 Å². The van der Waals surface area contributed by atoms with E-state index in [9.17, 15) is 0 Å². The highest BCUT2D eigenvalue weighted by molar-refractivity contribution is 4.82. The Morgan fingerprint density at radius 1 is 0.947 bits per heavy atom. The molecule has 0 spiro atoms. The predicted octanol–water partition coefficient (Wildman–Crippen LogP) is 3.81. The molecule has 1 N–H and O–H groups in total. The zero-order chi connectivity index (χ0) is 13.5. The van der Waals surface area contributed by atoms with Crippen molar-refractivity contribution in [3.8, 4) is 0 Å². The van der Waals surface area contributed by atoms with Gasteiger partial charge in [0.15, 0.2) is 0 Å². The first-order valence-corrected chi connectivity index (χ1v) is 8.76. The minimum absolute atomic E-state index is 0.802. The minimum atomic E-state index is 0.802. The number of unbranched alkanes of at least 4 members (excludes halogenated alkanes) is 1. The van der Waals surface area contributed by atoms with Crippen LogP contribution < -0.4 is 5.32 Å². The number of hydrogen-bond acceptors (Lipinski definition) is 2. The van der Waals surface area contributed by atoms with Crippen molar-refractivity contribution in [2.75, 3.05) is 19.6 Å². The summed E-state index contributed by atoms with van der Waals surface area (Å²) >= 11 is 0. The highest BCUT2D eigenvalue weighted by Gasteiger charge is 2.22. The van der Waals surface area contributed by atoms with E-state index >= 15 is 0 Å². The first kappa shape index (κ1) is 15.3. The van der Waals surface area contributed by atoms with Gasteiger partial charge in [-0.3, -0.25) is 0 Å². The minimum Gasteiger partial charge on any atom is -0.311 e. The Hall–Kier alpha value is -0.0800. The van der Waals surface area contributed by atoms with Crippen LogP contribution >= 0.6 is 0 Å². The summed E-state index contributed by atoms with van der Waals surface area (Å²) < 4.78 is 0. The SMILES string of the molecule is CCCCN1CCC(NC2CCCC(C)CC2)CC1. The number of piperidine rings is 1. The molecule has 1 heterocycles. The number of nitrogens with one attached hydrogen (secondary N) is 1. The molecule has 2 rings (SSSR count). The van der Waals surface area contributed by atoms with E-state index in [1.807, 2.05) is 0 Å². The van der Waals surface area contributed by atoms with Gasteiger partial charge in [-0.05, 0) is 64.1 Å². The van der Waals surface area contributed by atoms with E-state index in [0.29, 0.717) is 0 Å². The maximum absolute atomic E-state index is 3.97. The smallest absolute Gasteiger partial charge is 0.00940 e. The van der Waals surface area contributed by atoms with E-state index in [2.05, 4.69) is 24.1 Å². The molecular formula is C17H34N2. The highest BCUT2D eigenvalue weighted by atomic mass is 15.1. The molecule has 2 nitrogen and oxygen atoms in total. The molecule has 1 aliphatic heterocycles. The standard InChI is InChI=1S/C17H34N2/c1-3-4-12-19-13-10-17(11-14-19)18-16-7-5-6-15(2)8-9-16/h15-18H,3-14H2,1-2H3. The lowest BCUT2D eigenvalue weighted by atomic mass is 10.0. The summed E-state index contributed by atoms with van der Waals surface area (Å²) in [5, 5.41) is 3.97. The predicted molar refractivity (Wildman–Crippen MR) is 83.5 cm³/mol. The van der Waals surface area contributed by atoms with E-state index in [1.165, 1.54) is 77.4 Å². The topological polar surface area (TPSA) is 15.3 Å². The lowest BCUT2D eigenvalue weighted by Crippen LogP contribution is -2.46. The first-order valence-electron chi connectivity index (χ1n) is 8.76. The highest BCUT2D eigenvalue weighted by Crippen LogP contribution is 2.24. The Kier molecular flexibility index (Phi) is 6.66. The van der Waals surface area contributed by atoms with Gasteiger partial charge in [-0.15, -0.1) is 0 Å². The summed E-state index contributed by atoms with van der Waals surface area (Å²) in [6, 6.07) is 1.62. The van der Waals surface area contributed by atoms with Gasteiger partial charge in [0.1, 0.15) is 0 Å². The Bertz CT molecular complexity index is 233. The number of nitrogens with zero attached hydrogens (tertiary/aromatic N) is 1. The van der Waals surface area contributed by atoms with Crippen LogP contribution in [-0.2, 0) is 0 Å². The summed E-state index contributed by atoms with van der Waals surface area (Å²) in [5.41, 5.74) is 0. The molecule has 19 heavy (non-hydrogen) atoms. The van der Waals surface area contributed by atoms with E-state index < -0.39 is 0 Å². The number of rotatable bonds is 5. The molecule has 1 saturated carbocycles. The quantitative estimate of drug-likeness (QED) is 0.761. The van der Waals surface area contributed by atoms with Gasteiger partial charge in [-0.2, -0.15) is 0 Å². The maximum atomic E-state index is 3.97. The molecule has 112 valence electrons. The zero-order valence-electron chi connectivity index (χ0n) is 13.2. The molecule has 1 saturated heterocycles. The monoisotopic (exact) mass is 266 g/mol.